The van der Waals surface area contributed by atoms with Gasteiger partial charge in [-0.05, 0) is 60.6 Å². The van der Waals surface area contributed by atoms with E-state index in [4.69, 9.17) is 23.2 Å². The molecule has 2 rings (SSSR count). The summed E-state index contributed by atoms with van der Waals surface area (Å²) in [6.45, 7) is 1.98. The fourth-order valence-corrected chi connectivity index (χ4v) is 4.95. The van der Waals surface area contributed by atoms with Gasteiger partial charge in [-0.15, -0.1) is 0 Å². The first-order valence-electron chi connectivity index (χ1n) is 8.99. The summed E-state index contributed by atoms with van der Waals surface area (Å²) in [7, 11) is -3.61. The van der Waals surface area contributed by atoms with E-state index >= 15 is 0 Å². The van der Waals surface area contributed by atoms with Crippen molar-refractivity contribution in [2.24, 2.45) is 0 Å². The van der Waals surface area contributed by atoms with Crippen LogP contribution < -0.4 is 9.62 Å². The van der Waals surface area contributed by atoms with Crippen LogP contribution in [0.2, 0.25) is 10.0 Å². The lowest BCUT2D eigenvalue weighted by atomic mass is 10.2. The van der Waals surface area contributed by atoms with Gasteiger partial charge in [-0.1, -0.05) is 35.3 Å². The maximum atomic E-state index is 12.3. The number of halogens is 2. The highest BCUT2D eigenvalue weighted by Crippen LogP contribution is 2.25. The lowest BCUT2D eigenvalue weighted by molar-refractivity contribution is -0.119. The van der Waals surface area contributed by atoms with Crippen molar-refractivity contribution in [3.8, 4) is 0 Å². The molecule has 0 unspecified atom stereocenters. The molecule has 0 spiro atoms. The Morgan fingerprint density at radius 1 is 1.14 bits per heavy atom. The molecule has 0 fully saturated rings. The van der Waals surface area contributed by atoms with Gasteiger partial charge in [0.2, 0.25) is 15.9 Å². The van der Waals surface area contributed by atoms with Crippen LogP contribution >= 0.6 is 35.0 Å². The molecule has 0 aliphatic heterocycles. The Morgan fingerprint density at radius 2 is 1.86 bits per heavy atom. The van der Waals surface area contributed by atoms with Crippen molar-refractivity contribution in [2.75, 3.05) is 29.4 Å². The van der Waals surface area contributed by atoms with Crippen molar-refractivity contribution < 1.29 is 13.2 Å². The number of thioether (sulfide) groups is 1. The highest BCUT2D eigenvalue weighted by Gasteiger charge is 2.22. The predicted octanol–water partition coefficient (Wildman–Crippen LogP) is 4.51. The van der Waals surface area contributed by atoms with Gasteiger partial charge in [0.15, 0.2) is 0 Å². The van der Waals surface area contributed by atoms with Crippen molar-refractivity contribution in [2.45, 2.75) is 19.1 Å². The first-order valence-corrected chi connectivity index (χ1v) is 12.8. The van der Waals surface area contributed by atoms with E-state index in [0.29, 0.717) is 22.8 Å². The van der Waals surface area contributed by atoms with Crippen LogP contribution in [0.15, 0.2) is 42.5 Å². The molecule has 29 heavy (non-hydrogen) atoms. The quantitative estimate of drug-likeness (QED) is 0.514. The number of sulfonamides is 1. The molecule has 0 aromatic heterocycles. The zero-order chi connectivity index (χ0) is 21.4. The van der Waals surface area contributed by atoms with Gasteiger partial charge in [-0.2, -0.15) is 11.8 Å². The average molecular weight is 475 g/mol. The minimum absolute atomic E-state index is 0.267. The van der Waals surface area contributed by atoms with Gasteiger partial charge in [-0.25, -0.2) is 8.42 Å². The summed E-state index contributed by atoms with van der Waals surface area (Å²) in [5, 5.41) is 4.03. The summed E-state index contributed by atoms with van der Waals surface area (Å²) in [4.78, 5) is 12.3. The molecule has 2 aromatic carbocycles. The molecule has 0 bridgehead atoms. The number of hydrogen-bond acceptors (Lipinski definition) is 4. The molecule has 0 radical (unpaired) electrons. The third kappa shape index (κ3) is 8.09. The van der Waals surface area contributed by atoms with Crippen LogP contribution in [0, 0.1) is 6.92 Å². The van der Waals surface area contributed by atoms with Crippen LogP contribution in [0.4, 0.5) is 5.69 Å². The summed E-state index contributed by atoms with van der Waals surface area (Å²) < 4.78 is 25.5. The predicted molar refractivity (Wildman–Crippen MR) is 124 cm³/mol. The first kappa shape index (κ1) is 23.9. The second kappa shape index (κ2) is 11.1. The molecule has 1 amide bonds. The molecule has 0 saturated heterocycles. The zero-order valence-electron chi connectivity index (χ0n) is 16.3. The Labute approximate surface area is 186 Å². The molecule has 158 valence electrons. The van der Waals surface area contributed by atoms with E-state index in [1.807, 2.05) is 24.3 Å². The van der Waals surface area contributed by atoms with Gasteiger partial charge in [0.1, 0.15) is 6.54 Å². The number of benzene rings is 2. The molecule has 2 aromatic rings. The number of rotatable bonds is 10. The Balaban J connectivity index is 1.80. The van der Waals surface area contributed by atoms with Gasteiger partial charge in [-0.3, -0.25) is 9.10 Å². The minimum Gasteiger partial charge on any atom is -0.354 e. The smallest absolute Gasteiger partial charge is 0.240 e. The Bertz CT molecular complexity index is 952. The lowest BCUT2D eigenvalue weighted by Crippen LogP contribution is -2.41. The molecule has 0 atom stereocenters. The summed E-state index contributed by atoms with van der Waals surface area (Å²) in [6, 6.07) is 12.6. The average Bonchev–Trinajstić information content (AvgIpc) is 2.62. The van der Waals surface area contributed by atoms with Gasteiger partial charge < -0.3 is 5.32 Å². The topological polar surface area (TPSA) is 66.5 Å². The van der Waals surface area contributed by atoms with E-state index in [1.165, 1.54) is 0 Å². The van der Waals surface area contributed by atoms with E-state index in [-0.39, 0.29) is 12.5 Å². The van der Waals surface area contributed by atoms with Crippen LogP contribution in [0.3, 0.4) is 0 Å². The highest BCUT2D eigenvalue weighted by atomic mass is 35.5. The SMILES string of the molecule is Cc1cc(Cl)ccc1N(CC(=O)NCCCSCc1cccc(Cl)c1)S(C)(=O)=O. The molecule has 9 heteroatoms. The third-order valence-corrected chi connectivity index (χ3v) is 6.77. The minimum atomic E-state index is -3.61. The van der Waals surface area contributed by atoms with E-state index in [1.54, 1.807) is 36.9 Å². The number of carbonyl (C=O) groups is 1. The number of hydrogen-bond donors (Lipinski definition) is 1. The number of amides is 1. The van der Waals surface area contributed by atoms with Crippen molar-refractivity contribution in [3.05, 3.63) is 63.6 Å². The van der Waals surface area contributed by atoms with Crippen LogP contribution in [-0.4, -0.2) is 39.4 Å². The zero-order valence-corrected chi connectivity index (χ0v) is 19.5. The Hall–Kier alpha value is -1.41. The maximum Gasteiger partial charge on any atom is 0.240 e. The van der Waals surface area contributed by atoms with Crippen molar-refractivity contribution >= 4 is 56.6 Å². The molecule has 5 nitrogen and oxygen atoms in total. The molecule has 1 N–H and O–H groups in total. The standard InChI is InChI=1S/C20H24Cl2N2O3S2/c1-15-11-18(22)7-8-19(15)24(29(2,26)27)13-20(25)23-9-4-10-28-14-16-5-3-6-17(21)12-16/h3,5-8,11-12H,4,9-10,13-14H2,1-2H3,(H,23,25). The molecule has 0 saturated carbocycles. The van der Waals surface area contributed by atoms with E-state index in [2.05, 4.69) is 5.32 Å². The first-order chi connectivity index (χ1) is 13.7. The van der Waals surface area contributed by atoms with Gasteiger partial charge in [0.25, 0.3) is 0 Å². The van der Waals surface area contributed by atoms with Gasteiger partial charge in [0.05, 0.1) is 11.9 Å². The Morgan fingerprint density at radius 3 is 2.52 bits per heavy atom. The van der Waals surface area contributed by atoms with Gasteiger partial charge in [0, 0.05) is 22.3 Å². The van der Waals surface area contributed by atoms with E-state index in [9.17, 15) is 13.2 Å². The second-order valence-corrected chi connectivity index (χ2v) is 10.5. The van der Waals surface area contributed by atoms with E-state index in [0.717, 1.165) is 39.1 Å². The summed E-state index contributed by atoms with van der Waals surface area (Å²) in [5.41, 5.74) is 2.30. The van der Waals surface area contributed by atoms with Crippen LogP contribution in [0.25, 0.3) is 0 Å². The molecule has 0 aliphatic rings. The largest absolute Gasteiger partial charge is 0.354 e. The normalized spacial score (nSPS) is 11.3. The number of nitrogens with one attached hydrogen (secondary N) is 1. The monoisotopic (exact) mass is 474 g/mol. The number of aryl methyl sites for hydroxylation is 1. The fourth-order valence-electron chi connectivity index (χ4n) is 2.68. The number of carbonyl (C=O) groups excluding carboxylic acids is 1. The Kier molecular flexibility index (Phi) is 9.14. The molecule has 0 heterocycles. The summed E-state index contributed by atoms with van der Waals surface area (Å²) >= 11 is 13.7. The van der Waals surface area contributed by atoms with Crippen molar-refractivity contribution in [1.82, 2.24) is 5.32 Å². The number of anilines is 1. The highest BCUT2D eigenvalue weighted by molar-refractivity contribution is 7.98. The molecular weight excluding hydrogens is 451 g/mol. The van der Waals surface area contributed by atoms with Crippen LogP contribution in [0.5, 0.6) is 0 Å². The third-order valence-electron chi connectivity index (χ3n) is 4.06. The summed E-state index contributed by atoms with van der Waals surface area (Å²) in [5.74, 6) is 1.38. The maximum absolute atomic E-state index is 12.3. The molecular formula is C20H24Cl2N2O3S2. The van der Waals surface area contributed by atoms with Crippen LogP contribution in [0.1, 0.15) is 17.5 Å². The number of nitrogens with zero attached hydrogens (tertiary/aromatic N) is 1. The van der Waals surface area contributed by atoms with Gasteiger partial charge >= 0.3 is 0 Å². The van der Waals surface area contributed by atoms with E-state index < -0.39 is 10.0 Å². The van der Waals surface area contributed by atoms with Crippen molar-refractivity contribution in [1.29, 1.82) is 0 Å². The lowest BCUT2D eigenvalue weighted by Gasteiger charge is -2.23. The second-order valence-electron chi connectivity index (χ2n) is 6.59. The van der Waals surface area contributed by atoms with Crippen LogP contribution in [-0.2, 0) is 20.6 Å². The summed E-state index contributed by atoms with van der Waals surface area (Å²) in [6.07, 6.45) is 1.87. The van der Waals surface area contributed by atoms with Crippen molar-refractivity contribution in [3.63, 3.8) is 0 Å². The fraction of sp³-hybridized carbons (Fsp3) is 0.350. The molecule has 0 aliphatic carbocycles.